The standard InChI is InChI=1S/C19H16N2O4S/c1-11-13(6-7-25-11)18(22)21-19-14(9-20)15(10-26-19)12-4-5-16(23-2)17(8-12)24-3/h4-8,10H,1-3H3,(H,21,22). The molecule has 0 atom stereocenters. The van der Waals surface area contributed by atoms with E-state index < -0.39 is 0 Å². The van der Waals surface area contributed by atoms with E-state index in [0.29, 0.717) is 33.4 Å². The number of anilines is 1. The predicted octanol–water partition coefficient (Wildman–Crippen LogP) is 4.46. The van der Waals surface area contributed by atoms with Gasteiger partial charge in [-0.05, 0) is 30.7 Å². The number of benzene rings is 1. The minimum atomic E-state index is -0.312. The van der Waals surface area contributed by atoms with Crippen molar-refractivity contribution in [2.45, 2.75) is 6.92 Å². The molecule has 26 heavy (non-hydrogen) atoms. The van der Waals surface area contributed by atoms with Crippen molar-refractivity contribution in [2.75, 3.05) is 19.5 Å². The number of nitrogens with one attached hydrogen (secondary N) is 1. The summed E-state index contributed by atoms with van der Waals surface area (Å²) in [6.07, 6.45) is 1.46. The third-order valence-corrected chi connectivity index (χ3v) is 4.82. The molecule has 1 N–H and O–H groups in total. The van der Waals surface area contributed by atoms with Crippen LogP contribution in [0.3, 0.4) is 0 Å². The Morgan fingerprint density at radius 1 is 1.23 bits per heavy atom. The molecular formula is C19H16N2O4S. The molecule has 1 amide bonds. The van der Waals surface area contributed by atoms with E-state index in [-0.39, 0.29) is 5.91 Å². The van der Waals surface area contributed by atoms with E-state index in [9.17, 15) is 10.1 Å². The molecule has 0 bridgehead atoms. The molecule has 0 radical (unpaired) electrons. The number of aryl methyl sites for hydroxylation is 1. The van der Waals surface area contributed by atoms with Gasteiger partial charge in [0.15, 0.2) is 11.5 Å². The molecule has 7 heteroatoms. The van der Waals surface area contributed by atoms with Crippen molar-refractivity contribution in [3.05, 3.63) is 52.8 Å². The highest BCUT2D eigenvalue weighted by molar-refractivity contribution is 7.15. The lowest BCUT2D eigenvalue weighted by molar-refractivity contribution is 0.102. The quantitative estimate of drug-likeness (QED) is 0.719. The molecule has 6 nitrogen and oxygen atoms in total. The predicted molar refractivity (Wildman–Crippen MR) is 99.0 cm³/mol. The van der Waals surface area contributed by atoms with Crippen molar-refractivity contribution in [2.24, 2.45) is 0 Å². The second-order valence-corrected chi connectivity index (χ2v) is 6.26. The van der Waals surface area contributed by atoms with Crippen LogP contribution in [-0.4, -0.2) is 20.1 Å². The van der Waals surface area contributed by atoms with Crippen LogP contribution in [0.2, 0.25) is 0 Å². The number of amides is 1. The molecule has 2 heterocycles. The summed E-state index contributed by atoms with van der Waals surface area (Å²) in [6, 6.07) is 9.19. The van der Waals surface area contributed by atoms with Crippen LogP contribution in [0.5, 0.6) is 11.5 Å². The highest BCUT2D eigenvalue weighted by Gasteiger charge is 2.19. The molecule has 0 saturated carbocycles. The normalized spacial score (nSPS) is 10.2. The molecule has 3 aromatic rings. The number of ether oxygens (including phenoxy) is 2. The minimum absolute atomic E-state index is 0.312. The Balaban J connectivity index is 1.95. The largest absolute Gasteiger partial charge is 0.493 e. The van der Waals surface area contributed by atoms with Crippen molar-refractivity contribution in [3.8, 4) is 28.7 Å². The summed E-state index contributed by atoms with van der Waals surface area (Å²) in [5.74, 6) is 1.39. The Morgan fingerprint density at radius 3 is 2.62 bits per heavy atom. The number of hydrogen-bond acceptors (Lipinski definition) is 6. The van der Waals surface area contributed by atoms with Gasteiger partial charge < -0.3 is 19.2 Å². The molecular weight excluding hydrogens is 352 g/mol. The maximum Gasteiger partial charge on any atom is 0.259 e. The number of furan rings is 1. The lowest BCUT2D eigenvalue weighted by atomic mass is 10.0. The average molecular weight is 368 g/mol. The molecule has 0 aliphatic rings. The monoisotopic (exact) mass is 368 g/mol. The summed E-state index contributed by atoms with van der Waals surface area (Å²) in [5, 5.41) is 14.7. The van der Waals surface area contributed by atoms with Gasteiger partial charge in [0.1, 0.15) is 16.8 Å². The third kappa shape index (κ3) is 3.15. The van der Waals surface area contributed by atoms with Crippen molar-refractivity contribution in [3.63, 3.8) is 0 Å². The van der Waals surface area contributed by atoms with E-state index in [2.05, 4.69) is 11.4 Å². The van der Waals surface area contributed by atoms with Crippen LogP contribution >= 0.6 is 11.3 Å². The van der Waals surface area contributed by atoms with Gasteiger partial charge in [-0.25, -0.2) is 0 Å². The summed E-state index contributed by atoms with van der Waals surface area (Å²) in [7, 11) is 3.12. The highest BCUT2D eigenvalue weighted by Crippen LogP contribution is 2.39. The van der Waals surface area contributed by atoms with Gasteiger partial charge in [-0.2, -0.15) is 5.26 Å². The van der Waals surface area contributed by atoms with Crippen LogP contribution in [0.4, 0.5) is 5.00 Å². The Labute approximate surface area is 154 Å². The maximum absolute atomic E-state index is 12.4. The van der Waals surface area contributed by atoms with Crippen molar-refractivity contribution < 1.29 is 18.7 Å². The first kappa shape index (κ1) is 17.6. The summed E-state index contributed by atoms with van der Waals surface area (Å²) < 4.78 is 15.7. The SMILES string of the molecule is COc1ccc(-c2csc(NC(=O)c3ccoc3C)c2C#N)cc1OC. The third-order valence-electron chi connectivity index (χ3n) is 3.93. The number of carbonyl (C=O) groups excluding carboxylic acids is 1. The summed E-state index contributed by atoms with van der Waals surface area (Å²) in [4.78, 5) is 12.4. The number of nitriles is 1. The Kier molecular flexibility index (Phi) is 4.96. The molecule has 0 unspecified atom stereocenters. The lowest BCUT2D eigenvalue weighted by Crippen LogP contribution is -2.11. The van der Waals surface area contributed by atoms with Crippen molar-refractivity contribution in [1.82, 2.24) is 0 Å². The second-order valence-electron chi connectivity index (χ2n) is 5.38. The van der Waals surface area contributed by atoms with Gasteiger partial charge in [0.25, 0.3) is 5.91 Å². The number of thiophene rings is 1. The van der Waals surface area contributed by atoms with Gasteiger partial charge in [0.2, 0.25) is 0 Å². The first-order chi connectivity index (χ1) is 12.6. The van der Waals surface area contributed by atoms with Gasteiger partial charge in [-0.1, -0.05) is 6.07 Å². The molecule has 132 valence electrons. The van der Waals surface area contributed by atoms with E-state index in [1.807, 2.05) is 11.4 Å². The zero-order chi connectivity index (χ0) is 18.7. The molecule has 0 aliphatic carbocycles. The first-order valence-corrected chi connectivity index (χ1v) is 8.56. The van der Waals surface area contributed by atoms with Crippen LogP contribution in [0.1, 0.15) is 21.7 Å². The van der Waals surface area contributed by atoms with Crippen LogP contribution in [0, 0.1) is 18.3 Å². The summed E-state index contributed by atoms with van der Waals surface area (Å²) in [6.45, 7) is 1.71. The van der Waals surface area contributed by atoms with Gasteiger partial charge in [0.05, 0.1) is 31.6 Å². The molecule has 1 aromatic carbocycles. The zero-order valence-corrected chi connectivity index (χ0v) is 15.3. The molecule has 0 fully saturated rings. The lowest BCUT2D eigenvalue weighted by Gasteiger charge is -2.09. The fourth-order valence-corrected chi connectivity index (χ4v) is 3.48. The van der Waals surface area contributed by atoms with Crippen LogP contribution in [0.25, 0.3) is 11.1 Å². The average Bonchev–Trinajstić information content (AvgIpc) is 3.26. The number of hydrogen-bond donors (Lipinski definition) is 1. The molecule has 0 spiro atoms. The summed E-state index contributed by atoms with van der Waals surface area (Å²) in [5.41, 5.74) is 2.36. The van der Waals surface area contributed by atoms with Gasteiger partial charge in [0, 0.05) is 10.9 Å². The fraction of sp³-hybridized carbons (Fsp3) is 0.158. The van der Waals surface area contributed by atoms with E-state index in [4.69, 9.17) is 13.9 Å². The summed E-state index contributed by atoms with van der Waals surface area (Å²) >= 11 is 1.29. The van der Waals surface area contributed by atoms with Crippen molar-refractivity contribution in [1.29, 1.82) is 5.26 Å². The van der Waals surface area contributed by atoms with Crippen LogP contribution < -0.4 is 14.8 Å². The maximum atomic E-state index is 12.4. The van der Waals surface area contributed by atoms with E-state index >= 15 is 0 Å². The number of carbonyl (C=O) groups is 1. The second kappa shape index (κ2) is 7.33. The van der Waals surface area contributed by atoms with Gasteiger partial charge in [-0.3, -0.25) is 4.79 Å². The Bertz CT molecular complexity index is 997. The fourth-order valence-electron chi connectivity index (χ4n) is 2.57. The van der Waals surface area contributed by atoms with Crippen LogP contribution in [-0.2, 0) is 0 Å². The number of nitrogens with zero attached hydrogens (tertiary/aromatic N) is 1. The topological polar surface area (TPSA) is 84.5 Å². The molecule has 0 aliphatic heterocycles. The first-order valence-electron chi connectivity index (χ1n) is 7.68. The van der Waals surface area contributed by atoms with E-state index in [1.54, 1.807) is 39.3 Å². The van der Waals surface area contributed by atoms with E-state index in [0.717, 1.165) is 11.1 Å². The Morgan fingerprint density at radius 2 is 2.00 bits per heavy atom. The van der Waals surface area contributed by atoms with Gasteiger partial charge >= 0.3 is 0 Å². The molecule has 3 rings (SSSR count). The molecule has 0 saturated heterocycles. The van der Waals surface area contributed by atoms with Crippen LogP contribution in [0.15, 0.2) is 40.3 Å². The smallest absolute Gasteiger partial charge is 0.259 e. The number of methoxy groups -OCH3 is 2. The minimum Gasteiger partial charge on any atom is -0.493 e. The van der Waals surface area contributed by atoms with E-state index in [1.165, 1.54) is 17.6 Å². The van der Waals surface area contributed by atoms with Gasteiger partial charge in [-0.15, -0.1) is 11.3 Å². The number of rotatable bonds is 5. The Hall–Kier alpha value is -3.24. The van der Waals surface area contributed by atoms with Crippen molar-refractivity contribution >= 4 is 22.2 Å². The zero-order valence-electron chi connectivity index (χ0n) is 14.5. The highest BCUT2D eigenvalue weighted by atomic mass is 32.1. The molecule has 2 aromatic heterocycles.